The molecule has 1 aliphatic carbocycles. The lowest BCUT2D eigenvalue weighted by Gasteiger charge is -2.31. The van der Waals surface area contributed by atoms with E-state index in [2.05, 4.69) is 0 Å². The zero-order valence-electron chi connectivity index (χ0n) is 18.3. The maximum Gasteiger partial charge on any atom is 0.295 e. The number of hydrogen-bond acceptors (Lipinski definition) is 5. The Morgan fingerprint density at radius 1 is 1.12 bits per heavy atom. The number of benzene rings is 2. The standard InChI is InChI=1S/C26H27NO5/c1-15-13-17-14-16(11-12-20(17)32-15)24(28)22-23(19-9-5-6-10-21(19)31-2)27(26(30)25(22)29)18-7-3-4-8-18/h5-6,9-12,14-15,18,23,28H,3-4,7-8,13H2,1-2H3/b24-22+. The Kier molecular flexibility index (Phi) is 5.16. The first kappa shape index (κ1) is 20.6. The van der Waals surface area contributed by atoms with Gasteiger partial charge in [-0.3, -0.25) is 9.59 Å². The van der Waals surface area contributed by atoms with E-state index in [0.29, 0.717) is 16.9 Å². The molecule has 5 rings (SSSR count). The van der Waals surface area contributed by atoms with Crippen molar-refractivity contribution < 1.29 is 24.2 Å². The number of ether oxygens (including phenoxy) is 2. The molecule has 2 heterocycles. The molecule has 2 fully saturated rings. The van der Waals surface area contributed by atoms with Crippen LogP contribution in [-0.4, -0.2) is 41.0 Å². The first-order valence-electron chi connectivity index (χ1n) is 11.2. The fraction of sp³-hybridized carbons (Fsp3) is 0.385. The molecule has 0 bridgehead atoms. The molecule has 1 saturated heterocycles. The lowest BCUT2D eigenvalue weighted by atomic mass is 9.93. The van der Waals surface area contributed by atoms with Crippen molar-refractivity contribution in [1.82, 2.24) is 4.90 Å². The molecule has 0 aromatic heterocycles. The molecule has 1 amide bonds. The quantitative estimate of drug-likeness (QED) is 0.440. The molecule has 0 spiro atoms. The minimum absolute atomic E-state index is 0.0269. The van der Waals surface area contributed by atoms with Gasteiger partial charge in [-0.1, -0.05) is 31.0 Å². The van der Waals surface area contributed by atoms with Gasteiger partial charge in [0.05, 0.1) is 18.7 Å². The Morgan fingerprint density at radius 3 is 2.62 bits per heavy atom. The van der Waals surface area contributed by atoms with Crippen LogP contribution in [-0.2, 0) is 16.0 Å². The molecule has 1 saturated carbocycles. The maximum atomic E-state index is 13.3. The van der Waals surface area contributed by atoms with Crippen molar-refractivity contribution in [1.29, 1.82) is 0 Å². The summed E-state index contributed by atoms with van der Waals surface area (Å²) in [5.41, 5.74) is 2.34. The van der Waals surface area contributed by atoms with Crippen LogP contribution in [0, 0.1) is 0 Å². The number of amides is 1. The van der Waals surface area contributed by atoms with E-state index in [0.717, 1.165) is 43.4 Å². The van der Waals surface area contributed by atoms with Gasteiger partial charge in [0.25, 0.3) is 11.7 Å². The fourth-order valence-corrected chi connectivity index (χ4v) is 5.33. The second kappa shape index (κ2) is 8.01. The Morgan fingerprint density at radius 2 is 1.88 bits per heavy atom. The van der Waals surface area contributed by atoms with Crippen LogP contribution < -0.4 is 9.47 Å². The van der Waals surface area contributed by atoms with Crippen molar-refractivity contribution in [2.45, 2.75) is 57.2 Å². The smallest absolute Gasteiger partial charge is 0.295 e. The second-order valence-corrected chi connectivity index (χ2v) is 8.84. The van der Waals surface area contributed by atoms with Gasteiger partial charge in [-0.15, -0.1) is 0 Å². The summed E-state index contributed by atoms with van der Waals surface area (Å²) in [4.78, 5) is 28.2. The van der Waals surface area contributed by atoms with Gasteiger partial charge in [0.15, 0.2) is 0 Å². The van der Waals surface area contributed by atoms with Crippen molar-refractivity contribution in [3.8, 4) is 11.5 Å². The number of carbonyl (C=O) groups excluding carboxylic acids is 2. The number of carbonyl (C=O) groups is 2. The molecule has 6 nitrogen and oxygen atoms in total. The molecule has 32 heavy (non-hydrogen) atoms. The molecule has 2 atom stereocenters. The summed E-state index contributed by atoms with van der Waals surface area (Å²) >= 11 is 0. The van der Waals surface area contributed by atoms with Crippen LogP contribution in [0.3, 0.4) is 0 Å². The van der Waals surface area contributed by atoms with Crippen LogP contribution in [0.15, 0.2) is 48.0 Å². The predicted octanol–water partition coefficient (Wildman–Crippen LogP) is 4.38. The molecule has 2 unspecified atom stereocenters. The third-order valence-corrected chi connectivity index (χ3v) is 6.80. The number of likely N-dealkylation sites (tertiary alicyclic amines) is 1. The van der Waals surface area contributed by atoms with Crippen LogP contribution in [0.2, 0.25) is 0 Å². The van der Waals surface area contributed by atoms with E-state index >= 15 is 0 Å². The third kappa shape index (κ3) is 3.25. The van der Waals surface area contributed by atoms with Gasteiger partial charge >= 0.3 is 0 Å². The van der Waals surface area contributed by atoms with Crippen LogP contribution in [0.1, 0.15) is 55.3 Å². The zero-order chi connectivity index (χ0) is 22.4. The number of aliphatic hydroxyl groups is 1. The highest BCUT2D eigenvalue weighted by Gasteiger charge is 2.50. The lowest BCUT2D eigenvalue weighted by molar-refractivity contribution is -0.141. The minimum Gasteiger partial charge on any atom is -0.507 e. The van der Waals surface area contributed by atoms with Crippen molar-refractivity contribution in [2.75, 3.05) is 7.11 Å². The summed E-state index contributed by atoms with van der Waals surface area (Å²) < 4.78 is 11.3. The van der Waals surface area contributed by atoms with Gasteiger partial charge in [-0.25, -0.2) is 0 Å². The summed E-state index contributed by atoms with van der Waals surface area (Å²) in [6, 6.07) is 12.1. The van der Waals surface area contributed by atoms with Crippen LogP contribution in [0.25, 0.3) is 5.76 Å². The molecule has 3 aliphatic rings. The molecule has 6 heteroatoms. The number of ketones is 1. The summed E-state index contributed by atoms with van der Waals surface area (Å²) in [6.07, 6.45) is 4.57. The van der Waals surface area contributed by atoms with Crippen molar-refractivity contribution in [3.05, 3.63) is 64.7 Å². The highest BCUT2D eigenvalue weighted by molar-refractivity contribution is 6.46. The fourth-order valence-electron chi connectivity index (χ4n) is 5.33. The number of para-hydroxylation sites is 1. The number of fused-ring (bicyclic) bond motifs is 1. The maximum absolute atomic E-state index is 13.3. The van der Waals surface area contributed by atoms with Crippen molar-refractivity contribution >= 4 is 17.4 Å². The number of aliphatic hydroxyl groups excluding tert-OH is 1. The SMILES string of the molecule is COc1ccccc1C1/C(=C(\O)c2ccc3c(c2)CC(C)O3)C(=O)C(=O)N1C1CCCC1. The van der Waals surface area contributed by atoms with Crippen molar-refractivity contribution in [2.24, 2.45) is 0 Å². The number of Topliss-reactive ketones (excluding diaryl/α,β-unsaturated/α-hetero) is 1. The highest BCUT2D eigenvalue weighted by atomic mass is 16.5. The van der Waals surface area contributed by atoms with Crippen LogP contribution in [0.4, 0.5) is 0 Å². The van der Waals surface area contributed by atoms with E-state index in [4.69, 9.17) is 9.47 Å². The minimum atomic E-state index is -0.683. The number of nitrogens with zero attached hydrogens (tertiary/aromatic N) is 1. The van der Waals surface area contributed by atoms with E-state index in [1.807, 2.05) is 43.3 Å². The summed E-state index contributed by atoms with van der Waals surface area (Å²) in [5, 5.41) is 11.4. The molecular weight excluding hydrogens is 406 g/mol. The average Bonchev–Trinajstić information content (AvgIpc) is 3.51. The van der Waals surface area contributed by atoms with E-state index < -0.39 is 17.7 Å². The Bertz CT molecular complexity index is 1110. The number of rotatable bonds is 4. The molecule has 2 aliphatic heterocycles. The Balaban J connectivity index is 1.67. The normalized spacial score (nSPS) is 24.6. The van der Waals surface area contributed by atoms with Crippen LogP contribution >= 0.6 is 0 Å². The summed E-state index contributed by atoms with van der Waals surface area (Å²) in [5.74, 6) is 0.0382. The van der Waals surface area contributed by atoms with Gasteiger partial charge in [0, 0.05) is 23.6 Å². The van der Waals surface area contributed by atoms with E-state index in [1.165, 1.54) is 0 Å². The lowest BCUT2D eigenvalue weighted by Crippen LogP contribution is -2.37. The third-order valence-electron chi connectivity index (χ3n) is 6.80. The first-order valence-corrected chi connectivity index (χ1v) is 11.2. The molecule has 0 radical (unpaired) electrons. The zero-order valence-corrected chi connectivity index (χ0v) is 18.3. The molecular formula is C26H27NO5. The average molecular weight is 434 g/mol. The van der Waals surface area contributed by atoms with E-state index in [1.54, 1.807) is 18.1 Å². The molecule has 166 valence electrons. The Labute approximate surface area is 187 Å². The summed E-state index contributed by atoms with van der Waals surface area (Å²) in [6.45, 7) is 1.99. The molecule has 2 aromatic carbocycles. The van der Waals surface area contributed by atoms with Gasteiger partial charge in [-0.2, -0.15) is 0 Å². The number of hydrogen-bond donors (Lipinski definition) is 1. The van der Waals surface area contributed by atoms with E-state index in [-0.39, 0.29) is 23.5 Å². The predicted molar refractivity (Wildman–Crippen MR) is 120 cm³/mol. The van der Waals surface area contributed by atoms with Crippen LogP contribution in [0.5, 0.6) is 11.5 Å². The van der Waals surface area contributed by atoms with Gasteiger partial charge in [-0.05, 0) is 49.6 Å². The summed E-state index contributed by atoms with van der Waals surface area (Å²) in [7, 11) is 1.57. The van der Waals surface area contributed by atoms with Gasteiger partial charge in [0.2, 0.25) is 0 Å². The number of methoxy groups -OCH3 is 1. The second-order valence-electron chi connectivity index (χ2n) is 8.84. The highest BCUT2D eigenvalue weighted by Crippen LogP contribution is 2.46. The van der Waals surface area contributed by atoms with Gasteiger partial charge in [0.1, 0.15) is 23.4 Å². The van der Waals surface area contributed by atoms with Crippen molar-refractivity contribution in [3.63, 3.8) is 0 Å². The monoisotopic (exact) mass is 433 g/mol. The molecule has 2 aromatic rings. The van der Waals surface area contributed by atoms with E-state index in [9.17, 15) is 14.7 Å². The topological polar surface area (TPSA) is 76.1 Å². The molecule has 1 N–H and O–H groups in total. The van der Waals surface area contributed by atoms with Gasteiger partial charge < -0.3 is 19.5 Å². The first-order chi connectivity index (χ1) is 15.5. The largest absolute Gasteiger partial charge is 0.507 e. The Hall–Kier alpha value is -3.28.